The minimum atomic E-state index is -1.00. The van der Waals surface area contributed by atoms with E-state index in [9.17, 15) is 14.4 Å². The highest BCUT2D eigenvalue weighted by Crippen LogP contribution is 2.01. The van der Waals surface area contributed by atoms with E-state index in [2.05, 4.69) is 18.4 Å². The molecule has 0 spiro atoms. The fourth-order valence-corrected chi connectivity index (χ4v) is 1.19. The first-order chi connectivity index (χ1) is 11.1. The van der Waals surface area contributed by atoms with Crippen molar-refractivity contribution in [3.8, 4) is 0 Å². The molecular weight excluding hydrogens is 338 g/mol. The van der Waals surface area contributed by atoms with Crippen LogP contribution in [0.25, 0.3) is 0 Å². The second-order valence-corrected chi connectivity index (χ2v) is 4.72. The maximum absolute atomic E-state index is 10.4. The molecule has 136 valence electrons. The van der Waals surface area contributed by atoms with Crippen LogP contribution < -0.4 is 17.2 Å². The lowest BCUT2D eigenvalue weighted by Gasteiger charge is -2.04. The van der Waals surface area contributed by atoms with Crippen molar-refractivity contribution in [1.82, 2.24) is 0 Å². The summed E-state index contributed by atoms with van der Waals surface area (Å²) in [6.07, 6.45) is 0.385. The van der Waals surface area contributed by atoms with E-state index < -0.39 is 30.0 Å². The van der Waals surface area contributed by atoms with E-state index in [0.717, 1.165) is 5.56 Å². The normalized spacial score (nSPS) is 11.7. The molecule has 0 aliphatic heterocycles. The van der Waals surface area contributed by atoms with E-state index in [1.165, 1.54) is 0 Å². The van der Waals surface area contributed by atoms with Crippen LogP contribution in [-0.2, 0) is 20.8 Å². The van der Waals surface area contributed by atoms with Crippen molar-refractivity contribution in [1.29, 1.82) is 0 Å². The van der Waals surface area contributed by atoms with E-state index >= 15 is 0 Å². The summed E-state index contributed by atoms with van der Waals surface area (Å²) < 4.78 is 0. The average Bonchev–Trinajstić information content (AvgIpc) is 2.55. The lowest BCUT2D eigenvalue weighted by Crippen LogP contribution is -2.32. The molecule has 0 bridgehead atoms. The zero-order valence-electron chi connectivity index (χ0n) is 12.9. The quantitative estimate of drug-likeness (QED) is 0.311. The molecule has 0 fully saturated rings. The van der Waals surface area contributed by atoms with E-state index in [0.29, 0.717) is 6.42 Å². The van der Waals surface area contributed by atoms with Gasteiger partial charge < -0.3 is 32.5 Å². The Bertz CT molecular complexity index is 501. The van der Waals surface area contributed by atoms with Gasteiger partial charge in [0.2, 0.25) is 0 Å². The molecule has 1 aromatic rings. The molecule has 0 heterocycles. The Morgan fingerprint density at radius 2 is 1.38 bits per heavy atom. The summed E-state index contributed by atoms with van der Waals surface area (Å²) in [4.78, 5) is 29.4. The standard InChI is InChI=1S/C9H11NO2.C3H7NO2S.C2H5NO2/c10-8(9(11)12)6-7-4-2-1-3-5-7;4-2(1-7)3(5)6;3-1-2(4)5/h1-5,8H,6,10H2,(H,11,12);2,7H,1,4H2,(H,5,6);1,3H2,(H,4,5). The van der Waals surface area contributed by atoms with Crippen molar-refractivity contribution in [3.05, 3.63) is 35.9 Å². The van der Waals surface area contributed by atoms with Gasteiger partial charge in [0, 0.05) is 5.75 Å². The van der Waals surface area contributed by atoms with Crippen molar-refractivity contribution >= 4 is 30.5 Å². The minimum Gasteiger partial charge on any atom is -0.480 e. The third-order valence-electron chi connectivity index (χ3n) is 2.30. The lowest BCUT2D eigenvalue weighted by atomic mass is 10.1. The lowest BCUT2D eigenvalue weighted by molar-refractivity contribution is -0.139. The second-order valence-electron chi connectivity index (χ2n) is 4.36. The maximum atomic E-state index is 10.4. The predicted molar refractivity (Wildman–Crippen MR) is 91.9 cm³/mol. The number of carboxylic acids is 3. The molecule has 0 aliphatic carbocycles. The molecule has 1 rings (SSSR count). The Morgan fingerprint density at radius 3 is 1.62 bits per heavy atom. The first-order valence-electron chi connectivity index (χ1n) is 6.69. The van der Waals surface area contributed by atoms with Crippen molar-refractivity contribution in [2.24, 2.45) is 17.2 Å². The highest BCUT2D eigenvalue weighted by molar-refractivity contribution is 7.80. The fourth-order valence-electron chi connectivity index (χ4n) is 1.03. The minimum absolute atomic E-state index is 0.190. The summed E-state index contributed by atoms with van der Waals surface area (Å²) >= 11 is 3.65. The molecule has 0 saturated carbocycles. The molecule has 10 heteroatoms. The van der Waals surface area contributed by atoms with Crippen LogP contribution in [0.5, 0.6) is 0 Å². The zero-order valence-corrected chi connectivity index (χ0v) is 13.8. The van der Waals surface area contributed by atoms with E-state index in [1.807, 2.05) is 30.3 Å². The van der Waals surface area contributed by atoms with Crippen LogP contribution in [0.15, 0.2) is 30.3 Å². The van der Waals surface area contributed by atoms with Gasteiger partial charge >= 0.3 is 17.9 Å². The Hall–Kier alpha value is -2.14. The van der Waals surface area contributed by atoms with Crippen LogP contribution in [0.4, 0.5) is 0 Å². The third kappa shape index (κ3) is 14.8. The summed E-state index contributed by atoms with van der Waals surface area (Å²) in [5.41, 5.74) is 15.8. The van der Waals surface area contributed by atoms with Gasteiger partial charge in [0.25, 0.3) is 0 Å². The summed E-state index contributed by atoms with van der Waals surface area (Å²) in [7, 11) is 0. The number of carboxylic acid groups (broad SMARTS) is 3. The summed E-state index contributed by atoms with van der Waals surface area (Å²) in [5, 5.41) is 24.1. The second kappa shape index (κ2) is 14.5. The van der Waals surface area contributed by atoms with Crippen molar-refractivity contribution in [2.45, 2.75) is 18.5 Å². The van der Waals surface area contributed by atoms with Crippen molar-refractivity contribution in [3.63, 3.8) is 0 Å². The van der Waals surface area contributed by atoms with E-state index in [1.54, 1.807) is 0 Å². The van der Waals surface area contributed by atoms with Gasteiger partial charge in [-0.25, -0.2) is 0 Å². The zero-order chi connectivity index (χ0) is 19.1. The van der Waals surface area contributed by atoms with Gasteiger partial charge in [-0.15, -0.1) is 0 Å². The van der Waals surface area contributed by atoms with Crippen molar-refractivity contribution in [2.75, 3.05) is 12.3 Å². The van der Waals surface area contributed by atoms with Gasteiger partial charge in [0.05, 0.1) is 6.54 Å². The number of rotatable bonds is 6. The highest BCUT2D eigenvalue weighted by atomic mass is 32.1. The Kier molecular flexibility index (Phi) is 14.5. The molecule has 24 heavy (non-hydrogen) atoms. The van der Waals surface area contributed by atoms with Crippen LogP contribution in [-0.4, -0.2) is 57.6 Å². The van der Waals surface area contributed by atoms with Gasteiger partial charge in [0.15, 0.2) is 0 Å². The summed E-state index contributed by atoms with van der Waals surface area (Å²) in [6.45, 7) is -0.278. The molecule has 2 atom stereocenters. The predicted octanol–water partition coefficient (Wildman–Crippen LogP) is -1.00. The Balaban J connectivity index is 0. The molecule has 9 nitrogen and oxygen atoms in total. The number of nitrogens with two attached hydrogens (primary N) is 3. The van der Waals surface area contributed by atoms with Crippen LogP contribution >= 0.6 is 12.6 Å². The van der Waals surface area contributed by atoms with Crippen LogP contribution in [0.1, 0.15) is 5.56 Å². The average molecular weight is 361 g/mol. The molecule has 9 N–H and O–H groups in total. The van der Waals surface area contributed by atoms with E-state index in [-0.39, 0.29) is 12.3 Å². The van der Waals surface area contributed by atoms with Gasteiger partial charge in [-0.3, -0.25) is 14.4 Å². The van der Waals surface area contributed by atoms with Gasteiger partial charge in [-0.1, -0.05) is 30.3 Å². The van der Waals surface area contributed by atoms with Gasteiger partial charge in [-0.2, -0.15) is 12.6 Å². The third-order valence-corrected chi connectivity index (χ3v) is 2.70. The van der Waals surface area contributed by atoms with Gasteiger partial charge in [-0.05, 0) is 12.0 Å². The summed E-state index contributed by atoms with van der Waals surface area (Å²) in [5.74, 6) is -2.74. The van der Waals surface area contributed by atoms with Gasteiger partial charge in [0.1, 0.15) is 12.1 Å². The number of thiol groups is 1. The smallest absolute Gasteiger partial charge is 0.321 e. The number of hydrogen-bond donors (Lipinski definition) is 7. The Labute approximate surface area is 144 Å². The number of benzene rings is 1. The SMILES string of the molecule is NC(CS)C(=O)O.NC(Cc1ccccc1)C(=O)O.NCC(=O)O. The molecule has 0 aliphatic rings. The number of carbonyl (C=O) groups is 3. The maximum Gasteiger partial charge on any atom is 0.321 e. The molecule has 0 radical (unpaired) electrons. The molecule has 0 aromatic heterocycles. The number of aliphatic carboxylic acids is 3. The fraction of sp³-hybridized carbons (Fsp3) is 0.357. The van der Waals surface area contributed by atoms with Crippen molar-refractivity contribution < 1.29 is 29.7 Å². The van der Waals surface area contributed by atoms with Crippen LogP contribution in [0.3, 0.4) is 0 Å². The first kappa shape index (κ1) is 24.1. The molecule has 0 amide bonds. The molecule has 2 unspecified atom stereocenters. The van der Waals surface area contributed by atoms with Crippen LogP contribution in [0, 0.1) is 0 Å². The first-order valence-corrected chi connectivity index (χ1v) is 7.32. The monoisotopic (exact) mass is 361 g/mol. The topological polar surface area (TPSA) is 190 Å². The largest absolute Gasteiger partial charge is 0.480 e. The highest BCUT2D eigenvalue weighted by Gasteiger charge is 2.10. The summed E-state index contributed by atoms with van der Waals surface area (Å²) in [6, 6.07) is 7.73. The van der Waals surface area contributed by atoms with E-state index in [4.69, 9.17) is 26.8 Å². The molecule has 0 saturated heterocycles. The molecular formula is C14H23N3O6S. The Morgan fingerprint density at radius 1 is 0.958 bits per heavy atom. The number of hydrogen-bond acceptors (Lipinski definition) is 7. The van der Waals surface area contributed by atoms with Crippen LogP contribution in [0.2, 0.25) is 0 Å². The molecule has 1 aromatic carbocycles.